The van der Waals surface area contributed by atoms with Crippen molar-refractivity contribution in [2.24, 2.45) is 5.73 Å². The van der Waals surface area contributed by atoms with Crippen molar-refractivity contribution in [1.29, 1.82) is 0 Å². The van der Waals surface area contributed by atoms with Gasteiger partial charge in [-0.1, -0.05) is 5.10 Å². The van der Waals surface area contributed by atoms with Crippen LogP contribution in [0.15, 0.2) is 16.5 Å². The van der Waals surface area contributed by atoms with Gasteiger partial charge < -0.3 is 15.5 Å². The van der Waals surface area contributed by atoms with Gasteiger partial charge in [0.05, 0.1) is 0 Å². The third kappa shape index (κ3) is 2.59. The molecule has 0 saturated carbocycles. The summed E-state index contributed by atoms with van der Waals surface area (Å²) in [5.41, 5.74) is 4.72. The lowest BCUT2D eigenvalue weighted by atomic mass is 10.3. The predicted molar refractivity (Wildman–Crippen MR) is 56.7 cm³/mol. The van der Waals surface area contributed by atoms with E-state index >= 15 is 0 Å². The first-order valence-corrected chi connectivity index (χ1v) is 5.04. The highest BCUT2D eigenvalue weighted by Gasteiger charge is 2.14. The highest BCUT2D eigenvalue weighted by molar-refractivity contribution is 5.53. The Labute approximate surface area is 99.8 Å². The average Bonchev–Trinajstić information content (AvgIpc) is 2.72. The fourth-order valence-corrected chi connectivity index (χ4v) is 1.30. The minimum Gasteiger partial charge on any atom is -0.408 e. The summed E-state index contributed by atoms with van der Waals surface area (Å²) in [5.74, 6) is -2.95. The second kappa shape index (κ2) is 5.05. The Hall–Kier alpha value is -2.09. The van der Waals surface area contributed by atoms with Crippen LogP contribution in [0.5, 0.6) is 0 Å². The fraction of sp³-hybridized carbons (Fsp3) is 0.200. The van der Waals surface area contributed by atoms with Gasteiger partial charge in [0, 0.05) is 25.1 Å². The maximum absolute atomic E-state index is 13.3. The molecule has 0 aliphatic rings. The van der Waals surface area contributed by atoms with E-state index in [-0.39, 0.29) is 11.9 Å². The van der Waals surface area contributed by atoms with Gasteiger partial charge in [0.1, 0.15) is 11.5 Å². The van der Waals surface area contributed by atoms with Gasteiger partial charge in [-0.3, -0.25) is 0 Å². The quantitative estimate of drug-likeness (QED) is 0.873. The molecule has 5 nitrogen and oxygen atoms in total. The Kier molecular flexibility index (Phi) is 3.47. The summed E-state index contributed by atoms with van der Waals surface area (Å²) in [6.45, 7) is 0.306. The molecule has 0 unspecified atom stereocenters. The fourth-order valence-electron chi connectivity index (χ4n) is 1.30. The summed E-state index contributed by atoms with van der Waals surface area (Å²) in [4.78, 5) is 0. The molecule has 1 heterocycles. The van der Waals surface area contributed by atoms with Crippen LogP contribution in [0.2, 0.25) is 0 Å². The number of nitrogens with two attached hydrogens (primary N) is 1. The van der Waals surface area contributed by atoms with Crippen molar-refractivity contribution in [2.75, 3.05) is 11.9 Å². The first-order chi connectivity index (χ1) is 8.60. The molecular weight excluding hydrogens is 249 g/mol. The summed E-state index contributed by atoms with van der Waals surface area (Å²) in [6.07, 6.45) is 0.350. The van der Waals surface area contributed by atoms with E-state index in [1.165, 1.54) is 0 Å². The van der Waals surface area contributed by atoms with Gasteiger partial charge in [-0.05, 0) is 0 Å². The minimum atomic E-state index is -1.09. The van der Waals surface area contributed by atoms with Gasteiger partial charge in [-0.25, -0.2) is 13.2 Å². The third-order valence-corrected chi connectivity index (χ3v) is 2.06. The Balaban J connectivity index is 2.22. The van der Waals surface area contributed by atoms with Crippen LogP contribution in [0, 0.1) is 17.5 Å². The molecule has 0 radical (unpaired) electrons. The summed E-state index contributed by atoms with van der Waals surface area (Å²) in [6, 6.07) is 0.897. The van der Waals surface area contributed by atoms with Crippen molar-refractivity contribution >= 4 is 11.7 Å². The van der Waals surface area contributed by atoms with E-state index in [4.69, 9.17) is 10.2 Å². The number of hydrogen-bond donors (Lipinski definition) is 2. The van der Waals surface area contributed by atoms with Crippen molar-refractivity contribution in [3.05, 3.63) is 35.5 Å². The summed E-state index contributed by atoms with van der Waals surface area (Å²) in [7, 11) is 0. The molecule has 8 heteroatoms. The molecule has 0 aliphatic carbocycles. The lowest BCUT2D eigenvalue weighted by Gasteiger charge is -2.04. The molecule has 0 bridgehead atoms. The Morgan fingerprint density at radius 2 is 1.83 bits per heavy atom. The van der Waals surface area contributed by atoms with Crippen molar-refractivity contribution in [1.82, 2.24) is 10.2 Å². The number of anilines is 2. The minimum absolute atomic E-state index is 0.192. The van der Waals surface area contributed by atoms with Gasteiger partial charge in [-0.15, -0.1) is 5.10 Å². The van der Waals surface area contributed by atoms with E-state index in [0.717, 1.165) is 0 Å². The first kappa shape index (κ1) is 12.4. The van der Waals surface area contributed by atoms with Crippen LogP contribution in [-0.4, -0.2) is 16.7 Å². The summed E-state index contributed by atoms with van der Waals surface area (Å²) >= 11 is 0. The predicted octanol–water partition coefficient (Wildman–Crippen LogP) is 1.73. The van der Waals surface area contributed by atoms with E-state index < -0.39 is 23.1 Å². The molecule has 96 valence electrons. The smallest absolute Gasteiger partial charge is 0.320 e. The zero-order valence-corrected chi connectivity index (χ0v) is 9.08. The molecule has 1 aromatic carbocycles. The van der Waals surface area contributed by atoms with Crippen molar-refractivity contribution in [2.45, 2.75) is 6.42 Å². The molecule has 2 aromatic rings. The second-order valence-electron chi connectivity index (χ2n) is 3.41. The molecule has 0 fully saturated rings. The SMILES string of the molecule is NCCc1nnc(Nc2c(F)cc(F)cc2F)o1. The molecule has 0 atom stereocenters. The van der Waals surface area contributed by atoms with Gasteiger partial charge in [0.2, 0.25) is 5.89 Å². The lowest BCUT2D eigenvalue weighted by Crippen LogP contribution is -2.02. The lowest BCUT2D eigenvalue weighted by molar-refractivity contribution is 0.505. The zero-order valence-electron chi connectivity index (χ0n) is 9.08. The molecule has 1 aromatic heterocycles. The van der Waals surface area contributed by atoms with Crippen LogP contribution in [0.1, 0.15) is 5.89 Å². The van der Waals surface area contributed by atoms with Crippen LogP contribution in [-0.2, 0) is 6.42 Å². The molecule has 3 N–H and O–H groups in total. The molecule has 18 heavy (non-hydrogen) atoms. The van der Waals surface area contributed by atoms with Crippen molar-refractivity contribution in [3.8, 4) is 0 Å². The topological polar surface area (TPSA) is 77.0 Å². The number of rotatable bonds is 4. The normalized spacial score (nSPS) is 10.7. The van der Waals surface area contributed by atoms with Crippen molar-refractivity contribution in [3.63, 3.8) is 0 Å². The highest BCUT2D eigenvalue weighted by Crippen LogP contribution is 2.23. The van der Waals surface area contributed by atoms with E-state index in [0.29, 0.717) is 25.1 Å². The zero-order chi connectivity index (χ0) is 13.1. The number of benzene rings is 1. The summed E-state index contributed by atoms with van der Waals surface area (Å²) < 4.78 is 44.3. The molecule has 0 saturated heterocycles. The van der Waals surface area contributed by atoms with Crippen LogP contribution in [0.25, 0.3) is 0 Å². The van der Waals surface area contributed by atoms with Crippen LogP contribution in [0.3, 0.4) is 0 Å². The largest absolute Gasteiger partial charge is 0.408 e. The molecule has 0 amide bonds. The van der Waals surface area contributed by atoms with Gasteiger partial charge in [-0.2, -0.15) is 0 Å². The van der Waals surface area contributed by atoms with Gasteiger partial charge in [0.15, 0.2) is 11.6 Å². The first-order valence-electron chi connectivity index (χ1n) is 5.04. The third-order valence-electron chi connectivity index (χ3n) is 2.06. The van der Waals surface area contributed by atoms with E-state index in [2.05, 4.69) is 15.5 Å². The monoisotopic (exact) mass is 258 g/mol. The van der Waals surface area contributed by atoms with Crippen LogP contribution >= 0.6 is 0 Å². The molecule has 0 spiro atoms. The van der Waals surface area contributed by atoms with E-state index in [9.17, 15) is 13.2 Å². The van der Waals surface area contributed by atoms with Crippen LogP contribution < -0.4 is 11.1 Å². The number of halogens is 3. The molecular formula is C10H9F3N4O. The molecule has 0 aliphatic heterocycles. The average molecular weight is 258 g/mol. The van der Waals surface area contributed by atoms with Gasteiger partial charge >= 0.3 is 6.01 Å². The highest BCUT2D eigenvalue weighted by atomic mass is 19.1. The Morgan fingerprint density at radius 1 is 1.17 bits per heavy atom. The van der Waals surface area contributed by atoms with E-state index in [1.807, 2.05) is 0 Å². The standard InChI is InChI=1S/C10H9F3N4O/c11-5-3-6(12)9(7(13)4-5)15-10-17-16-8(18-10)1-2-14/h3-4H,1-2,14H2,(H,15,17). The van der Waals surface area contributed by atoms with Crippen LogP contribution in [0.4, 0.5) is 24.9 Å². The maximum Gasteiger partial charge on any atom is 0.320 e. The summed E-state index contributed by atoms with van der Waals surface area (Å²) in [5, 5.41) is 9.37. The van der Waals surface area contributed by atoms with Crippen molar-refractivity contribution < 1.29 is 17.6 Å². The molecule has 2 rings (SSSR count). The number of nitrogens with zero attached hydrogens (tertiary/aromatic N) is 2. The Morgan fingerprint density at radius 3 is 2.44 bits per heavy atom. The number of aromatic nitrogens is 2. The second-order valence-corrected chi connectivity index (χ2v) is 3.41. The maximum atomic E-state index is 13.3. The number of nitrogens with one attached hydrogen (secondary N) is 1. The van der Waals surface area contributed by atoms with Gasteiger partial charge in [0.25, 0.3) is 0 Å². The number of hydrogen-bond acceptors (Lipinski definition) is 5. The van der Waals surface area contributed by atoms with E-state index in [1.54, 1.807) is 0 Å². The Bertz CT molecular complexity index is 535.